The summed E-state index contributed by atoms with van der Waals surface area (Å²) in [5.41, 5.74) is -2.32. The van der Waals surface area contributed by atoms with Gasteiger partial charge in [0.1, 0.15) is 5.82 Å². The van der Waals surface area contributed by atoms with E-state index < -0.39 is 50.0 Å². The second-order valence-corrected chi connectivity index (χ2v) is 7.40. The molecule has 156 valence electrons. The lowest BCUT2D eigenvalue weighted by Crippen LogP contribution is -2.26. The number of carbonyl (C=O) groups is 2. The molecule has 0 unspecified atom stereocenters. The molecule has 0 heterocycles. The predicted molar refractivity (Wildman–Crippen MR) is 93.2 cm³/mol. The maximum atomic E-state index is 13.1. The molecule has 3 N–H and O–H groups in total. The first-order valence-corrected chi connectivity index (χ1v) is 9.38. The van der Waals surface area contributed by atoms with Gasteiger partial charge in [0.25, 0.3) is 15.9 Å². The van der Waals surface area contributed by atoms with Crippen LogP contribution in [0.1, 0.15) is 22.3 Å². The average molecular weight is 434 g/mol. The summed E-state index contributed by atoms with van der Waals surface area (Å²) in [5, 5.41) is 10.8. The second-order valence-electron chi connectivity index (χ2n) is 5.72. The summed E-state index contributed by atoms with van der Waals surface area (Å²) in [6.45, 7) is -0.138. The van der Waals surface area contributed by atoms with Gasteiger partial charge in [-0.2, -0.15) is 13.2 Å². The van der Waals surface area contributed by atoms with E-state index in [9.17, 15) is 35.6 Å². The van der Waals surface area contributed by atoms with Gasteiger partial charge in [0.05, 0.1) is 22.6 Å². The zero-order valence-corrected chi connectivity index (χ0v) is 15.3. The minimum absolute atomic E-state index is 0.0205. The Morgan fingerprint density at radius 2 is 1.66 bits per heavy atom. The number of halogens is 4. The number of aliphatic carboxylic acids is 1. The highest BCUT2D eigenvalue weighted by atomic mass is 32.2. The van der Waals surface area contributed by atoms with E-state index in [1.807, 2.05) is 0 Å². The molecule has 12 heteroatoms. The number of amides is 1. The fourth-order valence-electron chi connectivity index (χ4n) is 2.21. The van der Waals surface area contributed by atoms with E-state index in [0.29, 0.717) is 12.1 Å². The zero-order chi connectivity index (χ0) is 21.8. The molecule has 2 aromatic rings. The third-order valence-corrected chi connectivity index (χ3v) is 4.96. The van der Waals surface area contributed by atoms with Gasteiger partial charge in [-0.25, -0.2) is 12.8 Å². The van der Waals surface area contributed by atoms with Gasteiger partial charge < -0.3 is 10.4 Å². The van der Waals surface area contributed by atoms with E-state index in [2.05, 4.69) is 5.32 Å². The zero-order valence-electron chi connectivity index (χ0n) is 14.5. The molecule has 29 heavy (non-hydrogen) atoms. The number of carboxylic acid groups (broad SMARTS) is 1. The van der Waals surface area contributed by atoms with Crippen molar-refractivity contribution >= 4 is 27.6 Å². The summed E-state index contributed by atoms with van der Waals surface area (Å²) in [4.78, 5) is 21.8. The maximum absolute atomic E-state index is 13.1. The number of alkyl halides is 3. The average Bonchev–Trinajstić information content (AvgIpc) is 2.62. The van der Waals surface area contributed by atoms with Gasteiger partial charge in [0.15, 0.2) is 0 Å². The van der Waals surface area contributed by atoms with E-state index in [0.717, 1.165) is 24.3 Å². The molecule has 0 aliphatic carbocycles. The molecule has 0 radical (unpaired) electrons. The number of anilines is 1. The summed E-state index contributed by atoms with van der Waals surface area (Å²) < 4.78 is 78.7. The van der Waals surface area contributed by atoms with Crippen LogP contribution in [0.15, 0.2) is 47.4 Å². The van der Waals surface area contributed by atoms with Crippen molar-refractivity contribution in [3.63, 3.8) is 0 Å². The van der Waals surface area contributed by atoms with Crippen LogP contribution < -0.4 is 10.0 Å². The summed E-state index contributed by atoms with van der Waals surface area (Å²) in [7, 11) is -4.46. The third-order valence-electron chi connectivity index (χ3n) is 3.58. The number of sulfonamides is 1. The summed E-state index contributed by atoms with van der Waals surface area (Å²) in [5.74, 6) is -2.95. The molecule has 1 amide bonds. The van der Waals surface area contributed by atoms with Crippen molar-refractivity contribution in [2.75, 3.05) is 11.3 Å². The second kappa shape index (κ2) is 8.47. The van der Waals surface area contributed by atoms with Crippen molar-refractivity contribution in [3.05, 3.63) is 59.4 Å². The fraction of sp³-hybridized carbons (Fsp3) is 0.176. The molecule has 0 spiro atoms. The Kier molecular flexibility index (Phi) is 6.47. The van der Waals surface area contributed by atoms with Crippen LogP contribution in [0.5, 0.6) is 0 Å². The third kappa shape index (κ3) is 5.91. The summed E-state index contributed by atoms with van der Waals surface area (Å²) in [6, 6.07) is 5.70. The van der Waals surface area contributed by atoms with Crippen LogP contribution in [0.4, 0.5) is 23.2 Å². The normalized spacial score (nSPS) is 11.7. The Morgan fingerprint density at radius 1 is 1.03 bits per heavy atom. The van der Waals surface area contributed by atoms with Crippen molar-refractivity contribution in [2.45, 2.75) is 17.5 Å². The first kappa shape index (κ1) is 22.1. The number of nitrogens with one attached hydrogen (secondary N) is 2. The molecule has 0 bridgehead atoms. The topological polar surface area (TPSA) is 113 Å². The minimum Gasteiger partial charge on any atom is -0.481 e. The first-order valence-electron chi connectivity index (χ1n) is 7.90. The van der Waals surface area contributed by atoms with E-state index in [1.165, 1.54) is 0 Å². The highest BCUT2D eigenvalue weighted by molar-refractivity contribution is 7.92. The van der Waals surface area contributed by atoms with Crippen molar-refractivity contribution in [2.24, 2.45) is 0 Å². The molecule has 0 saturated heterocycles. The van der Waals surface area contributed by atoms with Gasteiger partial charge in [0.2, 0.25) is 0 Å². The van der Waals surface area contributed by atoms with Crippen LogP contribution in [-0.4, -0.2) is 31.9 Å². The number of carboxylic acids is 1. The molecule has 0 atom stereocenters. The van der Waals surface area contributed by atoms with Gasteiger partial charge in [0, 0.05) is 12.1 Å². The Labute approximate surface area is 162 Å². The molecular weight excluding hydrogens is 420 g/mol. The molecule has 0 aliphatic heterocycles. The molecule has 7 nitrogen and oxygen atoms in total. The Balaban J connectivity index is 2.21. The van der Waals surface area contributed by atoms with Crippen LogP contribution in [0.2, 0.25) is 0 Å². The van der Waals surface area contributed by atoms with Gasteiger partial charge in [-0.05, 0) is 42.5 Å². The number of hydrogen-bond donors (Lipinski definition) is 3. The van der Waals surface area contributed by atoms with Crippen molar-refractivity contribution < 1.29 is 40.7 Å². The lowest BCUT2D eigenvalue weighted by Gasteiger charge is -2.15. The van der Waals surface area contributed by atoms with Crippen LogP contribution in [0, 0.1) is 5.82 Å². The quantitative estimate of drug-likeness (QED) is 0.580. The molecule has 2 rings (SSSR count). The smallest absolute Gasteiger partial charge is 0.418 e. The fourth-order valence-corrected chi connectivity index (χ4v) is 3.29. The van der Waals surface area contributed by atoms with E-state index in [4.69, 9.17) is 5.11 Å². The van der Waals surface area contributed by atoms with Crippen molar-refractivity contribution in [1.82, 2.24) is 5.32 Å². The van der Waals surface area contributed by atoms with Crippen LogP contribution >= 0.6 is 0 Å². The van der Waals surface area contributed by atoms with Gasteiger partial charge >= 0.3 is 12.1 Å². The Bertz CT molecular complexity index is 1020. The predicted octanol–water partition coefficient (Wildman–Crippen LogP) is 2.85. The van der Waals surface area contributed by atoms with Crippen LogP contribution in [0.25, 0.3) is 0 Å². The van der Waals surface area contributed by atoms with E-state index >= 15 is 0 Å². The van der Waals surface area contributed by atoms with Gasteiger partial charge in [-0.1, -0.05) is 0 Å². The molecule has 0 saturated carbocycles. The standard InChI is InChI=1S/C17H14F4N2O5S/c18-11-3-6-14(13(9-11)17(19,20)21)23-29(27,28)12-4-1-10(2-5-12)16(26)22-8-7-15(24)25/h1-6,9,23H,7-8H2,(H,22,26)(H,24,25). The summed E-state index contributed by atoms with van der Waals surface area (Å²) in [6.07, 6.45) is -5.29. The van der Waals surface area contributed by atoms with Crippen molar-refractivity contribution in [3.8, 4) is 0 Å². The maximum Gasteiger partial charge on any atom is 0.418 e. The van der Waals surface area contributed by atoms with E-state index in [1.54, 1.807) is 4.72 Å². The van der Waals surface area contributed by atoms with Crippen LogP contribution in [-0.2, 0) is 21.0 Å². The van der Waals surface area contributed by atoms with E-state index in [-0.39, 0.29) is 24.6 Å². The Hall–Kier alpha value is -3.15. The highest BCUT2D eigenvalue weighted by Crippen LogP contribution is 2.36. The highest BCUT2D eigenvalue weighted by Gasteiger charge is 2.35. The first-order chi connectivity index (χ1) is 13.4. The summed E-state index contributed by atoms with van der Waals surface area (Å²) >= 11 is 0. The number of benzene rings is 2. The minimum atomic E-state index is -4.99. The Morgan fingerprint density at radius 3 is 2.21 bits per heavy atom. The lowest BCUT2D eigenvalue weighted by atomic mass is 10.2. The molecule has 2 aromatic carbocycles. The lowest BCUT2D eigenvalue weighted by molar-refractivity contribution is -0.137. The molecule has 0 aromatic heterocycles. The van der Waals surface area contributed by atoms with Crippen molar-refractivity contribution in [1.29, 1.82) is 0 Å². The SMILES string of the molecule is O=C(O)CCNC(=O)c1ccc(S(=O)(=O)Nc2ccc(F)cc2C(F)(F)F)cc1. The van der Waals surface area contributed by atoms with Gasteiger partial charge in [-0.15, -0.1) is 0 Å². The monoisotopic (exact) mass is 434 g/mol. The molecule has 0 fully saturated rings. The number of rotatable bonds is 7. The molecule has 0 aliphatic rings. The van der Waals surface area contributed by atoms with Gasteiger partial charge in [-0.3, -0.25) is 14.3 Å². The van der Waals surface area contributed by atoms with Crippen LogP contribution in [0.3, 0.4) is 0 Å². The number of carbonyl (C=O) groups excluding carboxylic acids is 1. The largest absolute Gasteiger partial charge is 0.481 e. The number of hydrogen-bond acceptors (Lipinski definition) is 4. The molecular formula is C17H14F4N2O5S.